The van der Waals surface area contributed by atoms with Crippen molar-refractivity contribution in [2.24, 2.45) is 0 Å². The molecule has 2 aromatic rings. The highest BCUT2D eigenvalue weighted by Gasteiger charge is 2.44. The summed E-state index contributed by atoms with van der Waals surface area (Å²) in [6, 6.07) is 4.13. The Bertz CT molecular complexity index is 1500. The number of nitrogens with one attached hydrogen (secondary N) is 1. The number of benzene rings is 2. The van der Waals surface area contributed by atoms with Crippen LogP contribution >= 0.6 is 0 Å². The number of likely N-dealkylation sites (N-methyl/N-ethyl adjacent to an activating group) is 1. The van der Waals surface area contributed by atoms with Gasteiger partial charge in [0.1, 0.15) is 11.4 Å². The average molecular weight is 704 g/mol. The predicted molar refractivity (Wildman–Crippen MR) is 166 cm³/mol. The van der Waals surface area contributed by atoms with Crippen LogP contribution in [0.3, 0.4) is 0 Å². The molecule has 0 spiro atoms. The molecule has 2 aliphatic rings. The Morgan fingerprint density at radius 2 is 1.39 bits per heavy atom. The number of carbonyl (C=O) groups is 3. The summed E-state index contributed by atoms with van der Waals surface area (Å²) in [6.45, 7) is 7.84. The molecule has 4 rings (SSSR count). The number of rotatable bonds is 4. The molecule has 2 heterocycles. The Morgan fingerprint density at radius 1 is 0.857 bits per heavy atom. The van der Waals surface area contributed by atoms with E-state index >= 15 is 0 Å². The van der Waals surface area contributed by atoms with Crippen molar-refractivity contribution in [3.05, 3.63) is 65.0 Å². The van der Waals surface area contributed by atoms with Crippen LogP contribution in [0, 0.1) is 5.82 Å². The maximum absolute atomic E-state index is 13.8. The fourth-order valence-corrected chi connectivity index (χ4v) is 5.97. The summed E-state index contributed by atoms with van der Waals surface area (Å²) >= 11 is 0. The molecule has 1 N–H and O–H groups in total. The van der Waals surface area contributed by atoms with Crippen LogP contribution in [0.5, 0.6) is 0 Å². The molecule has 2 saturated heterocycles. The fraction of sp³-hybridized carbons (Fsp3) is 0.545. The molecule has 2 aromatic carbocycles. The molecule has 5 amide bonds. The van der Waals surface area contributed by atoms with Crippen LogP contribution in [0.4, 0.5) is 50.8 Å². The van der Waals surface area contributed by atoms with E-state index in [4.69, 9.17) is 4.74 Å². The molecule has 16 heteroatoms. The molecule has 2 aliphatic heterocycles. The summed E-state index contributed by atoms with van der Waals surface area (Å²) in [7, 11) is 2.40. The molecule has 0 aliphatic carbocycles. The summed E-state index contributed by atoms with van der Waals surface area (Å²) in [5, 5.41) is 3.03. The van der Waals surface area contributed by atoms with Gasteiger partial charge in [0.15, 0.2) is 0 Å². The predicted octanol–water partition coefficient (Wildman–Crippen LogP) is 7.32. The quantitative estimate of drug-likeness (QED) is 0.339. The molecule has 0 radical (unpaired) electrons. The molecule has 0 aromatic heterocycles. The van der Waals surface area contributed by atoms with Crippen LogP contribution in [0.15, 0.2) is 42.5 Å². The van der Waals surface area contributed by atoms with Crippen molar-refractivity contribution in [1.29, 1.82) is 0 Å². The van der Waals surface area contributed by atoms with Crippen LogP contribution in [0.1, 0.15) is 63.1 Å². The van der Waals surface area contributed by atoms with Crippen LogP contribution in [0.2, 0.25) is 0 Å². The van der Waals surface area contributed by atoms with Gasteiger partial charge in [0, 0.05) is 57.4 Å². The van der Waals surface area contributed by atoms with Crippen molar-refractivity contribution >= 4 is 23.8 Å². The third-order valence-corrected chi connectivity index (χ3v) is 8.85. The smallest absolute Gasteiger partial charge is 0.416 e. The monoisotopic (exact) mass is 703 g/mol. The summed E-state index contributed by atoms with van der Waals surface area (Å²) < 4.78 is 100. The first-order valence-corrected chi connectivity index (χ1v) is 15.6. The number of hydrogen-bond acceptors (Lipinski definition) is 4. The van der Waals surface area contributed by atoms with Gasteiger partial charge in [0.05, 0.1) is 17.2 Å². The Labute approximate surface area is 279 Å². The summed E-state index contributed by atoms with van der Waals surface area (Å²) in [5.74, 6) is -1.10. The minimum absolute atomic E-state index is 0.0224. The first kappa shape index (κ1) is 37.6. The molecule has 0 saturated carbocycles. The van der Waals surface area contributed by atoms with Gasteiger partial charge in [0.2, 0.25) is 0 Å². The van der Waals surface area contributed by atoms with Crippen molar-refractivity contribution in [3.63, 3.8) is 0 Å². The van der Waals surface area contributed by atoms with Crippen LogP contribution in [-0.4, -0.2) is 90.3 Å². The highest BCUT2D eigenvalue weighted by molar-refractivity contribution is 5.92. The van der Waals surface area contributed by atoms with Gasteiger partial charge in [-0.1, -0.05) is 12.1 Å². The minimum atomic E-state index is -5.11. The largest absolute Gasteiger partial charge is 0.444 e. The third kappa shape index (κ3) is 9.06. The van der Waals surface area contributed by atoms with Crippen molar-refractivity contribution < 1.29 is 49.9 Å². The number of halogens is 7. The Morgan fingerprint density at radius 3 is 1.88 bits per heavy atom. The number of alkyl halides is 6. The van der Waals surface area contributed by atoms with E-state index in [0.717, 1.165) is 11.9 Å². The van der Waals surface area contributed by atoms with Crippen molar-refractivity contribution in [2.45, 2.75) is 76.0 Å². The van der Waals surface area contributed by atoms with E-state index in [1.54, 1.807) is 25.7 Å². The number of nitrogens with zero attached hydrogens (tertiary/aromatic N) is 4. The molecule has 0 unspecified atom stereocenters. The Kier molecular flexibility index (Phi) is 10.4. The summed E-state index contributed by atoms with van der Waals surface area (Å²) in [4.78, 5) is 44.7. The van der Waals surface area contributed by atoms with E-state index in [1.807, 2.05) is 6.92 Å². The standard InChI is InChI=1S/C33H40F7N5O4/c1-30(2,3)49-29(48)44-13-11-31(4,12-14-44)41-27(46)45-18-25(20-7-9-23(34)10-8-20)26(19-45)43(6)28(47)42(5)24-16-21(32(35,36)37)15-22(17-24)33(38,39)40/h7-10,15-17,25-26H,11-14,18-19H2,1-6H3,(H,41,46)/t25-,26+/m0/s1. The lowest BCUT2D eigenvalue weighted by Crippen LogP contribution is -2.57. The highest BCUT2D eigenvalue weighted by atomic mass is 19.4. The molecule has 49 heavy (non-hydrogen) atoms. The van der Waals surface area contributed by atoms with E-state index in [2.05, 4.69) is 5.32 Å². The van der Waals surface area contributed by atoms with Gasteiger partial charge in [-0.15, -0.1) is 0 Å². The first-order chi connectivity index (χ1) is 22.5. The SMILES string of the molecule is CN(C(=O)N(C)[C@@H]1CN(C(=O)NC2(C)CCN(C(=O)OC(C)(C)C)CC2)C[C@H]1c1ccc(F)cc1)c1cc(C(F)(F)F)cc(C(F)(F)F)c1. The Balaban J connectivity index is 1.54. The van der Waals surface area contributed by atoms with E-state index in [9.17, 15) is 45.1 Å². The zero-order chi connectivity index (χ0) is 36.7. The molecular weight excluding hydrogens is 663 g/mol. The Hall–Kier alpha value is -4.24. The number of hydrogen-bond donors (Lipinski definition) is 1. The molecular formula is C33H40F7N5O4. The number of urea groups is 2. The lowest BCUT2D eigenvalue weighted by atomic mass is 9.90. The van der Waals surface area contributed by atoms with Crippen molar-refractivity contribution in [3.8, 4) is 0 Å². The average Bonchev–Trinajstić information content (AvgIpc) is 3.44. The highest BCUT2D eigenvalue weighted by Crippen LogP contribution is 2.39. The first-order valence-electron chi connectivity index (χ1n) is 15.6. The second kappa shape index (κ2) is 13.6. The van der Waals surface area contributed by atoms with Gasteiger partial charge in [-0.05, 0) is 76.4 Å². The summed E-state index contributed by atoms with van der Waals surface area (Å²) in [6.07, 6.45) is -9.82. The lowest BCUT2D eigenvalue weighted by Gasteiger charge is -2.40. The number of anilines is 1. The number of likely N-dealkylation sites (tertiary alicyclic amines) is 2. The van der Waals surface area contributed by atoms with E-state index in [-0.39, 0.29) is 19.2 Å². The van der Waals surface area contributed by atoms with Gasteiger partial charge >= 0.3 is 30.5 Å². The van der Waals surface area contributed by atoms with Gasteiger partial charge in [-0.2, -0.15) is 26.3 Å². The zero-order valence-electron chi connectivity index (χ0n) is 28.0. The normalized spacial score (nSPS) is 19.8. The number of ether oxygens (including phenoxy) is 1. The van der Waals surface area contributed by atoms with E-state index in [0.29, 0.717) is 48.5 Å². The number of carbonyl (C=O) groups excluding carboxylic acids is 3. The number of amides is 5. The van der Waals surface area contributed by atoms with Gasteiger partial charge in [-0.3, -0.25) is 4.90 Å². The van der Waals surface area contributed by atoms with Gasteiger partial charge in [-0.25, -0.2) is 18.8 Å². The van der Waals surface area contributed by atoms with Crippen molar-refractivity contribution in [1.82, 2.24) is 20.0 Å². The van der Waals surface area contributed by atoms with Gasteiger partial charge < -0.3 is 24.8 Å². The molecule has 2 fully saturated rings. The van der Waals surface area contributed by atoms with Crippen molar-refractivity contribution in [2.75, 3.05) is 45.2 Å². The molecule has 270 valence electrons. The molecule has 2 atom stereocenters. The maximum Gasteiger partial charge on any atom is 0.416 e. The maximum atomic E-state index is 13.8. The summed E-state index contributed by atoms with van der Waals surface area (Å²) in [5.41, 5.74) is -4.56. The van der Waals surface area contributed by atoms with Crippen LogP contribution < -0.4 is 10.2 Å². The topological polar surface area (TPSA) is 85.4 Å². The molecule has 9 nitrogen and oxygen atoms in total. The minimum Gasteiger partial charge on any atom is -0.444 e. The third-order valence-electron chi connectivity index (χ3n) is 8.85. The molecule has 0 bridgehead atoms. The number of piperidine rings is 1. The van der Waals surface area contributed by atoms with Crippen LogP contribution in [0.25, 0.3) is 0 Å². The zero-order valence-corrected chi connectivity index (χ0v) is 28.0. The second-order valence-corrected chi connectivity index (χ2v) is 13.8. The lowest BCUT2D eigenvalue weighted by molar-refractivity contribution is -0.143. The van der Waals surface area contributed by atoms with E-state index < -0.39 is 76.2 Å². The van der Waals surface area contributed by atoms with Gasteiger partial charge in [0.25, 0.3) is 0 Å². The van der Waals surface area contributed by atoms with Crippen LogP contribution in [-0.2, 0) is 17.1 Å². The second-order valence-electron chi connectivity index (χ2n) is 13.8. The van der Waals surface area contributed by atoms with E-state index in [1.165, 1.54) is 36.2 Å². The fourth-order valence-electron chi connectivity index (χ4n) is 5.97.